The first-order valence-electron chi connectivity index (χ1n) is 8.81. The average molecular weight is 314 g/mol. The van der Waals surface area contributed by atoms with Crippen LogP contribution in [-0.2, 0) is 9.31 Å². The third-order valence-corrected chi connectivity index (χ3v) is 6.00. The highest BCUT2D eigenvalue weighted by Crippen LogP contribution is 2.36. The van der Waals surface area contributed by atoms with Gasteiger partial charge in [-0.25, -0.2) is 0 Å². The van der Waals surface area contributed by atoms with Crippen LogP contribution in [0, 0.1) is 0 Å². The Bertz CT molecular complexity index is 559. The van der Waals surface area contributed by atoms with E-state index in [1.54, 1.807) is 0 Å². The minimum Gasteiger partial charge on any atom is -0.399 e. The highest BCUT2D eigenvalue weighted by Gasteiger charge is 2.51. The Morgan fingerprint density at radius 1 is 0.957 bits per heavy atom. The summed E-state index contributed by atoms with van der Waals surface area (Å²) in [6.07, 6.45) is 2.63. The summed E-state index contributed by atoms with van der Waals surface area (Å²) in [5, 5.41) is 3.68. The molecule has 3 aliphatic rings. The second kappa shape index (κ2) is 5.23. The van der Waals surface area contributed by atoms with Crippen molar-refractivity contribution in [2.75, 3.05) is 18.0 Å². The van der Waals surface area contributed by atoms with Crippen molar-refractivity contribution in [1.29, 1.82) is 0 Å². The molecule has 0 radical (unpaired) electrons. The fraction of sp³-hybridized carbons (Fsp3) is 0.667. The Morgan fingerprint density at radius 2 is 1.48 bits per heavy atom. The fourth-order valence-corrected chi connectivity index (χ4v) is 3.83. The number of rotatable bonds is 2. The smallest absolute Gasteiger partial charge is 0.399 e. The lowest BCUT2D eigenvalue weighted by molar-refractivity contribution is 0.00578. The minimum absolute atomic E-state index is 0.270. The molecule has 0 spiro atoms. The van der Waals surface area contributed by atoms with Crippen LogP contribution >= 0.6 is 0 Å². The molecule has 2 atom stereocenters. The molecule has 2 unspecified atom stereocenters. The lowest BCUT2D eigenvalue weighted by atomic mass is 9.79. The molecule has 0 aromatic heterocycles. The number of hydrogen-bond acceptors (Lipinski definition) is 4. The van der Waals surface area contributed by atoms with Gasteiger partial charge in [-0.2, -0.15) is 0 Å². The van der Waals surface area contributed by atoms with Gasteiger partial charge in [0.05, 0.1) is 11.2 Å². The summed E-state index contributed by atoms with van der Waals surface area (Å²) in [6.45, 7) is 10.6. The molecule has 124 valence electrons. The summed E-state index contributed by atoms with van der Waals surface area (Å²) >= 11 is 0. The molecule has 1 N–H and O–H groups in total. The zero-order chi connectivity index (χ0) is 16.2. The van der Waals surface area contributed by atoms with E-state index in [0.717, 1.165) is 18.6 Å². The van der Waals surface area contributed by atoms with Crippen LogP contribution in [-0.4, -0.2) is 43.5 Å². The zero-order valence-electron chi connectivity index (χ0n) is 14.6. The van der Waals surface area contributed by atoms with Gasteiger partial charge in [-0.3, -0.25) is 0 Å². The predicted molar refractivity (Wildman–Crippen MR) is 94.3 cm³/mol. The first kappa shape index (κ1) is 15.5. The molecule has 0 amide bonds. The van der Waals surface area contributed by atoms with Crippen molar-refractivity contribution in [3.8, 4) is 0 Å². The third-order valence-electron chi connectivity index (χ3n) is 6.00. The molecular formula is C18H27BN2O2. The van der Waals surface area contributed by atoms with E-state index in [4.69, 9.17) is 9.31 Å². The third kappa shape index (κ3) is 2.69. The van der Waals surface area contributed by atoms with Crippen LogP contribution < -0.4 is 15.7 Å². The van der Waals surface area contributed by atoms with E-state index in [9.17, 15) is 0 Å². The topological polar surface area (TPSA) is 33.7 Å². The fourth-order valence-electron chi connectivity index (χ4n) is 3.83. The quantitative estimate of drug-likeness (QED) is 0.846. The second-order valence-electron chi connectivity index (χ2n) is 8.22. The highest BCUT2D eigenvalue weighted by atomic mass is 16.7. The normalized spacial score (nSPS) is 31.7. The van der Waals surface area contributed by atoms with Gasteiger partial charge in [0, 0.05) is 30.9 Å². The largest absolute Gasteiger partial charge is 0.494 e. The molecule has 0 saturated carbocycles. The van der Waals surface area contributed by atoms with Crippen molar-refractivity contribution in [3.05, 3.63) is 24.3 Å². The van der Waals surface area contributed by atoms with Crippen molar-refractivity contribution in [1.82, 2.24) is 5.32 Å². The summed E-state index contributed by atoms with van der Waals surface area (Å²) < 4.78 is 12.3. The number of benzene rings is 1. The molecule has 3 fully saturated rings. The maximum atomic E-state index is 6.13. The standard InChI is InChI=1S/C18H27BN2O2/c1-17(2)18(3,4)23-19(22-17)13-5-9-16(10-6-13)21-11-14-7-8-15(12-21)20-14/h5-6,9-10,14-15,20H,7-8,11-12H2,1-4H3. The number of anilines is 1. The van der Waals surface area contributed by atoms with Crippen LogP contribution in [0.5, 0.6) is 0 Å². The lowest BCUT2D eigenvalue weighted by Crippen LogP contribution is -2.51. The molecule has 3 aliphatic heterocycles. The summed E-state index contributed by atoms with van der Waals surface area (Å²) in [7, 11) is -0.270. The molecule has 1 aromatic rings. The Balaban J connectivity index is 1.49. The summed E-state index contributed by atoms with van der Waals surface area (Å²) in [4.78, 5) is 2.51. The van der Waals surface area contributed by atoms with Crippen LogP contribution in [0.4, 0.5) is 5.69 Å². The van der Waals surface area contributed by atoms with Crippen molar-refractivity contribution in [3.63, 3.8) is 0 Å². The van der Waals surface area contributed by atoms with Gasteiger partial charge >= 0.3 is 7.12 Å². The monoisotopic (exact) mass is 314 g/mol. The Kier molecular flexibility index (Phi) is 3.52. The first-order valence-corrected chi connectivity index (χ1v) is 8.81. The van der Waals surface area contributed by atoms with E-state index in [-0.39, 0.29) is 18.3 Å². The van der Waals surface area contributed by atoms with Crippen LogP contribution in [0.15, 0.2) is 24.3 Å². The zero-order valence-corrected chi connectivity index (χ0v) is 14.6. The summed E-state index contributed by atoms with van der Waals surface area (Å²) in [5.74, 6) is 0. The number of fused-ring (bicyclic) bond motifs is 2. The van der Waals surface area contributed by atoms with E-state index < -0.39 is 0 Å². The summed E-state index contributed by atoms with van der Waals surface area (Å²) in [6, 6.07) is 10.1. The van der Waals surface area contributed by atoms with E-state index in [0.29, 0.717) is 12.1 Å². The molecule has 4 nitrogen and oxygen atoms in total. The second-order valence-corrected chi connectivity index (χ2v) is 8.22. The maximum absolute atomic E-state index is 6.13. The predicted octanol–water partition coefficient (Wildman–Crippen LogP) is 1.93. The first-order chi connectivity index (χ1) is 10.8. The molecule has 3 heterocycles. The van der Waals surface area contributed by atoms with Gasteiger partial charge in [0.2, 0.25) is 0 Å². The van der Waals surface area contributed by atoms with E-state index in [1.165, 1.54) is 18.5 Å². The molecule has 3 saturated heterocycles. The van der Waals surface area contributed by atoms with Gasteiger partial charge in [-0.1, -0.05) is 12.1 Å². The maximum Gasteiger partial charge on any atom is 0.494 e. The van der Waals surface area contributed by atoms with Gasteiger partial charge in [0.15, 0.2) is 0 Å². The van der Waals surface area contributed by atoms with Gasteiger partial charge < -0.3 is 19.5 Å². The number of hydrogen-bond donors (Lipinski definition) is 1. The molecule has 1 aromatic carbocycles. The van der Waals surface area contributed by atoms with E-state index >= 15 is 0 Å². The van der Waals surface area contributed by atoms with E-state index in [1.807, 2.05) is 0 Å². The number of nitrogens with zero attached hydrogens (tertiary/aromatic N) is 1. The summed E-state index contributed by atoms with van der Waals surface area (Å²) in [5.41, 5.74) is 1.84. The minimum atomic E-state index is -0.284. The molecule has 23 heavy (non-hydrogen) atoms. The molecule has 5 heteroatoms. The van der Waals surface area contributed by atoms with Gasteiger partial charge in [0.1, 0.15) is 0 Å². The molecule has 2 bridgehead atoms. The highest BCUT2D eigenvalue weighted by molar-refractivity contribution is 6.62. The van der Waals surface area contributed by atoms with Crippen LogP contribution in [0.25, 0.3) is 0 Å². The molecular weight excluding hydrogens is 287 g/mol. The lowest BCUT2D eigenvalue weighted by Gasteiger charge is -2.34. The Labute approximate surface area is 139 Å². The number of nitrogens with one attached hydrogen (secondary N) is 1. The van der Waals surface area contributed by atoms with E-state index in [2.05, 4.69) is 62.2 Å². The van der Waals surface area contributed by atoms with Crippen molar-refractivity contribution in [2.45, 2.75) is 63.8 Å². The average Bonchev–Trinajstić information content (AvgIpc) is 2.95. The van der Waals surface area contributed by atoms with Crippen molar-refractivity contribution < 1.29 is 9.31 Å². The van der Waals surface area contributed by atoms with Crippen molar-refractivity contribution >= 4 is 18.3 Å². The molecule has 4 rings (SSSR count). The Morgan fingerprint density at radius 3 is 2.00 bits per heavy atom. The van der Waals surface area contributed by atoms with Gasteiger partial charge in [-0.15, -0.1) is 0 Å². The molecule has 0 aliphatic carbocycles. The van der Waals surface area contributed by atoms with Crippen molar-refractivity contribution in [2.24, 2.45) is 0 Å². The van der Waals surface area contributed by atoms with Crippen LogP contribution in [0.3, 0.4) is 0 Å². The SMILES string of the molecule is CC1(C)OB(c2ccc(N3CC4CCC(C3)N4)cc2)OC1(C)C. The number of piperazine rings is 1. The van der Waals surface area contributed by atoms with Gasteiger partial charge in [0.25, 0.3) is 0 Å². The Hall–Kier alpha value is -1.04. The van der Waals surface area contributed by atoms with Gasteiger partial charge in [-0.05, 0) is 58.1 Å². The van der Waals surface area contributed by atoms with Crippen LogP contribution in [0.1, 0.15) is 40.5 Å². The van der Waals surface area contributed by atoms with Crippen LogP contribution in [0.2, 0.25) is 0 Å².